The van der Waals surface area contributed by atoms with Gasteiger partial charge in [0.05, 0.1) is 16.5 Å². The first-order chi connectivity index (χ1) is 14.2. The highest BCUT2D eigenvalue weighted by atomic mass is 19.4. The molecule has 0 aliphatic rings. The van der Waals surface area contributed by atoms with Gasteiger partial charge in [-0.2, -0.15) is 13.2 Å². The van der Waals surface area contributed by atoms with Gasteiger partial charge in [-0.05, 0) is 41.5 Å². The van der Waals surface area contributed by atoms with E-state index in [4.69, 9.17) is 4.42 Å². The molecule has 0 saturated carbocycles. The fourth-order valence-corrected chi connectivity index (χ4v) is 3.43. The van der Waals surface area contributed by atoms with Crippen molar-refractivity contribution in [2.75, 3.05) is 0 Å². The van der Waals surface area contributed by atoms with Crippen LogP contribution in [0.15, 0.2) is 82.0 Å². The molecule has 6 heteroatoms. The van der Waals surface area contributed by atoms with Crippen molar-refractivity contribution in [3.63, 3.8) is 0 Å². The molecule has 3 aromatic carbocycles. The zero-order chi connectivity index (χ0) is 21.5. The topological polar surface area (TPSA) is 43.1 Å². The SMILES string of the molecule is CC(C)(c1ccccc1)c1ccc2nc(-c3cccc(C(F)(F)F)c3)oc(=O)c2c1. The number of nitrogens with zero attached hydrogens (tertiary/aromatic N) is 1. The van der Waals surface area contributed by atoms with Crippen molar-refractivity contribution in [1.82, 2.24) is 4.98 Å². The van der Waals surface area contributed by atoms with Crippen molar-refractivity contribution in [1.29, 1.82) is 0 Å². The van der Waals surface area contributed by atoms with Gasteiger partial charge in [-0.3, -0.25) is 0 Å². The number of aromatic nitrogens is 1. The standard InChI is InChI=1S/C24H18F3NO2/c1-23(2,16-8-4-3-5-9-16)17-11-12-20-19(14-17)22(29)30-21(28-20)15-7-6-10-18(13-15)24(25,26)27/h3-14H,1-2H3. The van der Waals surface area contributed by atoms with E-state index in [1.165, 1.54) is 12.1 Å². The van der Waals surface area contributed by atoms with Gasteiger partial charge in [-0.25, -0.2) is 9.78 Å². The van der Waals surface area contributed by atoms with Crippen LogP contribution in [0.1, 0.15) is 30.5 Å². The normalized spacial score (nSPS) is 12.3. The molecule has 1 heterocycles. The summed E-state index contributed by atoms with van der Waals surface area (Å²) < 4.78 is 44.3. The minimum absolute atomic E-state index is 0.0949. The second-order valence-corrected chi connectivity index (χ2v) is 7.61. The van der Waals surface area contributed by atoms with Gasteiger partial charge in [-0.15, -0.1) is 0 Å². The van der Waals surface area contributed by atoms with E-state index < -0.39 is 17.4 Å². The highest BCUT2D eigenvalue weighted by Gasteiger charge is 2.31. The molecule has 0 unspecified atom stereocenters. The van der Waals surface area contributed by atoms with Crippen LogP contribution in [0.4, 0.5) is 13.2 Å². The number of alkyl halides is 3. The predicted molar refractivity (Wildman–Crippen MR) is 109 cm³/mol. The summed E-state index contributed by atoms with van der Waals surface area (Å²) in [6.07, 6.45) is -4.49. The number of fused-ring (bicyclic) bond motifs is 1. The Morgan fingerprint density at radius 3 is 2.20 bits per heavy atom. The Kier molecular flexibility index (Phi) is 4.73. The van der Waals surface area contributed by atoms with Gasteiger partial charge >= 0.3 is 11.8 Å². The minimum atomic E-state index is -4.49. The third-order valence-electron chi connectivity index (χ3n) is 5.28. The van der Waals surface area contributed by atoms with E-state index in [0.717, 1.165) is 23.3 Å². The van der Waals surface area contributed by atoms with E-state index in [2.05, 4.69) is 18.8 Å². The summed E-state index contributed by atoms with van der Waals surface area (Å²) in [6.45, 7) is 4.10. The van der Waals surface area contributed by atoms with Crippen molar-refractivity contribution < 1.29 is 17.6 Å². The number of hydrogen-bond acceptors (Lipinski definition) is 3. The van der Waals surface area contributed by atoms with E-state index in [9.17, 15) is 18.0 Å². The van der Waals surface area contributed by atoms with Crippen LogP contribution in [0.5, 0.6) is 0 Å². The monoisotopic (exact) mass is 409 g/mol. The van der Waals surface area contributed by atoms with Crippen molar-refractivity contribution in [3.05, 3.63) is 99.9 Å². The van der Waals surface area contributed by atoms with Crippen LogP contribution in [0, 0.1) is 0 Å². The van der Waals surface area contributed by atoms with Crippen LogP contribution >= 0.6 is 0 Å². The second kappa shape index (κ2) is 7.13. The fraction of sp³-hybridized carbons (Fsp3) is 0.167. The molecule has 3 nitrogen and oxygen atoms in total. The van der Waals surface area contributed by atoms with E-state index in [-0.39, 0.29) is 22.3 Å². The molecule has 0 aliphatic carbocycles. The Balaban J connectivity index is 1.80. The average molecular weight is 409 g/mol. The largest absolute Gasteiger partial charge is 0.416 e. The van der Waals surface area contributed by atoms with Crippen LogP contribution in [-0.4, -0.2) is 4.98 Å². The highest BCUT2D eigenvalue weighted by Crippen LogP contribution is 2.34. The van der Waals surface area contributed by atoms with Gasteiger partial charge in [0, 0.05) is 11.0 Å². The first-order valence-electron chi connectivity index (χ1n) is 9.35. The van der Waals surface area contributed by atoms with Gasteiger partial charge in [0.2, 0.25) is 5.89 Å². The molecule has 0 fully saturated rings. The van der Waals surface area contributed by atoms with Crippen molar-refractivity contribution in [2.45, 2.75) is 25.4 Å². The van der Waals surface area contributed by atoms with Crippen LogP contribution in [-0.2, 0) is 11.6 Å². The van der Waals surface area contributed by atoms with Gasteiger partial charge < -0.3 is 4.42 Å². The lowest BCUT2D eigenvalue weighted by molar-refractivity contribution is -0.137. The molecule has 1 aromatic heterocycles. The van der Waals surface area contributed by atoms with Crippen molar-refractivity contribution >= 4 is 10.9 Å². The van der Waals surface area contributed by atoms with Crippen molar-refractivity contribution in [2.24, 2.45) is 0 Å². The molecule has 30 heavy (non-hydrogen) atoms. The first-order valence-corrected chi connectivity index (χ1v) is 9.35. The van der Waals surface area contributed by atoms with Crippen LogP contribution < -0.4 is 5.63 Å². The first kappa shape index (κ1) is 19.9. The Labute approximate surface area is 170 Å². The lowest BCUT2D eigenvalue weighted by Gasteiger charge is -2.26. The fourth-order valence-electron chi connectivity index (χ4n) is 3.43. The number of halogens is 3. The van der Waals surface area contributed by atoms with E-state index in [1.54, 1.807) is 12.1 Å². The molecule has 4 aromatic rings. The molecule has 0 aliphatic heterocycles. The quantitative estimate of drug-likeness (QED) is 0.405. The van der Waals surface area contributed by atoms with Crippen LogP contribution in [0.2, 0.25) is 0 Å². The smallest absolute Gasteiger partial charge is 0.403 e. The molecular formula is C24H18F3NO2. The summed E-state index contributed by atoms with van der Waals surface area (Å²) in [5.74, 6) is -0.145. The Hall–Kier alpha value is -3.41. The lowest BCUT2D eigenvalue weighted by Crippen LogP contribution is -2.19. The maximum Gasteiger partial charge on any atom is 0.416 e. The predicted octanol–water partition coefficient (Wildman–Crippen LogP) is 6.20. The summed E-state index contributed by atoms with van der Waals surface area (Å²) in [7, 11) is 0. The molecular weight excluding hydrogens is 391 g/mol. The van der Waals surface area contributed by atoms with Crippen LogP contribution in [0.25, 0.3) is 22.4 Å². The average Bonchev–Trinajstić information content (AvgIpc) is 2.73. The number of hydrogen-bond donors (Lipinski definition) is 0. The van der Waals surface area contributed by atoms with E-state index in [1.807, 2.05) is 36.4 Å². The van der Waals surface area contributed by atoms with E-state index in [0.29, 0.717) is 5.52 Å². The zero-order valence-electron chi connectivity index (χ0n) is 16.3. The Morgan fingerprint density at radius 2 is 1.50 bits per heavy atom. The molecule has 0 radical (unpaired) electrons. The third kappa shape index (κ3) is 3.61. The molecule has 0 saturated heterocycles. The molecule has 0 spiro atoms. The third-order valence-corrected chi connectivity index (χ3v) is 5.28. The molecule has 0 amide bonds. The van der Waals surface area contributed by atoms with Gasteiger partial charge in [0.25, 0.3) is 0 Å². The van der Waals surface area contributed by atoms with Crippen molar-refractivity contribution in [3.8, 4) is 11.5 Å². The second-order valence-electron chi connectivity index (χ2n) is 7.61. The molecule has 152 valence electrons. The highest BCUT2D eigenvalue weighted by molar-refractivity contribution is 5.80. The minimum Gasteiger partial charge on any atom is -0.403 e. The van der Waals surface area contributed by atoms with Gasteiger partial charge in [0.1, 0.15) is 0 Å². The summed E-state index contributed by atoms with van der Waals surface area (Å²) >= 11 is 0. The summed E-state index contributed by atoms with van der Waals surface area (Å²) in [5, 5.41) is 0.284. The molecule has 0 atom stereocenters. The van der Waals surface area contributed by atoms with Gasteiger partial charge in [-0.1, -0.05) is 56.3 Å². The maximum absolute atomic E-state index is 13.0. The summed E-state index contributed by atoms with van der Waals surface area (Å²) in [5.41, 5.74) is 0.623. The van der Waals surface area contributed by atoms with Crippen LogP contribution in [0.3, 0.4) is 0 Å². The molecule has 4 rings (SSSR count). The Morgan fingerprint density at radius 1 is 0.800 bits per heavy atom. The number of rotatable bonds is 3. The lowest BCUT2D eigenvalue weighted by atomic mass is 9.78. The summed E-state index contributed by atoms with van der Waals surface area (Å²) in [4.78, 5) is 16.9. The van der Waals surface area contributed by atoms with Gasteiger partial charge in [0.15, 0.2) is 0 Å². The zero-order valence-corrected chi connectivity index (χ0v) is 16.3. The van der Waals surface area contributed by atoms with E-state index >= 15 is 0 Å². The Bertz CT molecular complexity index is 1280. The number of benzene rings is 3. The molecule has 0 N–H and O–H groups in total. The molecule has 0 bridgehead atoms. The maximum atomic E-state index is 13.0. The summed E-state index contributed by atoms with van der Waals surface area (Å²) in [6, 6.07) is 19.7.